The Bertz CT molecular complexity index is 116. The molecule has 0 saturated carbocycles. The predicted molar refractivity (Wildman–Crippen MR) is 36.5 cm³/mol. The van der Waals surface area contributed by atoms with E-state index in [4.69, 9.17) is 15.9 Å². The number of aliphatic hydroxyl groups excluding tert-OH is 1. The van der Waals surface area contributed by atoms with E-state index in [0.717, 1.165) is 0 Å². The number of aliphatic carboxylic acids is 1. The zero-order valence-electron chi connectivity index (χ0n) is 5.95. The lowest BCUT2D eigenvalue weighted by Gasteiger charge is -2.13. The lowest BCUT2D eigenvalue weighted by Crippen LogP contribution is -2.35. The van der Waals surface area contributed by atoms with E-state index in [1.165, 1.54) is 0 Å². The van der Waals surface area contributed by atoms with Crippen molar-refractivity contribution < 1.29 is 15.0 Å². The summed E-state index contributed by atoms with van der Waals surface area (Å²) < 4.78 is 0. The quantitative estimate of drug-likeness (QED) is 0.503. The van der Waals surface area contributed by atoms with Gasteiger partial charge < -0.3 is 15.9 Å². The summed E-state index contributed by atoms with van der Waals surface area (Å²) in [4.78, 5) is 10.0. The maximum atomic E-state index is 10.0. The van der Waals surface area contributed by atoms with Gasteiger partial charge in [-0.1, -0.05) is 6.92 Å². The van der Waals surface area contributed by atoms with Crippen molar-refractivity contribution in [3.8, 4) is 0 Å². The van der Waals surface area contributed by atoms with E-state index in [0.29, 0.717) is 6.42 Å². The molecule has 0 fully saturated rings. The molecule has 0 unspecified atom stereocenters. The fourth-order valence-electron chi connectivity index (χ4n) is 0.602. The molecular formula is C6H13NO3. The second-order valence-electron chi connectivity index (χ2n) is 2.24. The average molecular weight is 147 g/mol. The molecule has 4 N–H and O–H groups in total. The van der Waals surface area contributed by atoms with Gasteiger partial charge in [0, 0.05) is 6.04 Å². The van der Waals surface area contributed by atoms with Crippen molar-refractivity contribution in [2.24, 2.45) is 5.73 Å². The number of carboxylic acid groups (broad SMARTS) is 1. The third-order valence-corrected chi connectivity index (χ3v) is 1.35. The lowest BCUT2D eigenvalue weighted by molar-refractivity contribution is -0.139. The second kappa shape index (κ2) is 4.24. The fraction of sp³-hybridized carbons (Fsp3) is 0.833. The van der Waals surface area contributed by atoms with Crippen LogP contribution in [0.2, 0.25) is 0 Å². The minimum Gasteiger partial charge on any atom is -0.481 e. The molecule has 60 valence electrons. The minimum absolute atomic E-state index is 0.269. The van der Waals surface area contributed by atoms with E-state index in [1.807, 2.05) is 0 Å². The Labute approximate surface area is 59.7 Å². The van der Waals surface area contributed by atoms with Crippen LogP contribution in [0.5, 0.6) is 0 Å². The number of nitrogens with two attached hydrogens (primary N) is 1. The molecule has 0 saturated heterocycles. The molecule has 0 aromatic heterocycles. The van der Waals surface area contributed by atoms with Gasteiger partial charge in [0.1, 0.15) is 0 Å². The standard InChI is InChI=1S/C6H13NO3/c1-2-4(7)5(8)3-6(9)10/h4-5,8H,2-3,7H2,1H3,(H,9,10)/t4-,5+/m0/s1. The highest BCUT2D eigenvalue weighted by Gasteiger charge is 2.15. The maximum Gasteiger partial charge on any atom is 0.306 e. The Morgan fingerprint density at radius 1 is 1.70 bits per heavy atom. The Hall–Kier alpha value is -0.610. The fourth-order valence-corrected chi connectivity index (χ4v) is 0.602. The highest BCUT2D eigenvalue weighted by atomic mass is 16.4. The van der Waals surface area contributed by atoms with Crippen LogP contribution in [0.25, 0.3) is 0 Å². The summed E-state index contributed by atoms with van der Waals surface area (Å²) in [5, 5.41) is 17.2. The summed E-state index contributed by atoms with van der Waals surface area (Å²) >= 11 is 0. The molecule has 0 aliphatic heterocycles. The predicted octanol–water partition coefficient (Wildman–Crippen LogP) is -0.441. The van der Waals surface area contributed by atoms with Crippen molar-refractivity contribution in [1.82, 2.24) is 0 Å². The molecule has 0 radical (unpaired) electrons. The summed E-state index contributed by atoms with van der Waals surface area (Å²) in [7, 11) is 0. The minimum atomic E-state index is -1.02. The summed E-state index contributed by atoms with van der Waals surface area (Å²) in [5.74, 6) is -1.02. The maximum absolute atomic E-state index is 10.0. The van der Waals surface area contributed by atoms with Crippen molar-refractivity contribution in [2.75, 3.05) is 0 Å². The summed E-state index contributed by atoms with van der Waals surface area (Å²) in [6, 6.07) is -0.420. The smallest absolute Gasteiger partial charge is 0.306 e. The van der Waals surface area contributed by atoms with Gasteiger partial charge >= 0.3 is 5.97 Å². The molecule has 0 amide bonds. The number of carbonyl (C=O) groups is 1. The molecule has 0 rings (SSSR count). The van der Waals surface area contributed by atoms with Crippen LogP contribution in [0.1, 0.15) is 19.8 Å². The zero-order valence-corrected chi connectivity index (χ0v) is 5.95. The molecule has 0 aliphatic rings. The van der Waals surface area contributed by atoms with Gasteiger partial charge in [-0.25, -0.2) is 0 Å². The van der Waals surface area contributed by atoms with Crippen LogP contribution in [-0.2, 0) is 4.79 Å². The molecule has 4 nitrogen and oxygen atoms in total. The van der Waals surface area contributed by atoms with Crippen molar-refractivity contribution in [1.29, 1.82) is 0 Å². The number of aliphatic hydroxyl groups is 1. The molecule has 0 aliphatic carbocycles. The Morgan fingerprint density at radius 2 is 2.20 bits per heavy atom. The van der Waals surface area contributed by atoms with Crippen LogP contribution in [0.4, 0.5) is 0 Å². The van der Waals surface area contributed by atoms with Crippen molar-refractivity contribution >= 4 is 5.97 Å². The van der Waals surface area contributed by atoms with Crippen LogP contribution in [0.15, 0.2) is 0 Å². The molecule has 0 aromatic rings. The first-order valence-corrected chi connectivity index (χ1v) is 3.23. The van der Waals surface area contributed by atoms with Crippen molar-refractivity contribution in [3.05, 3.63) is 0 Å². The van der Waals surface area contributed by atoms with Crippen LogP contribution >= 0.6 is 0 Å². The highest BCUT2D eigenvalue weighted by molar-refractivity contribution is 5.67. The zero-order chi connectivity index (χ0) is 8.15. The molecule has 0 bridgehead atoms. The van der Waals surface area contributed by atoms with Crippen LogP contribution < -0.4 is 5.73 Å². The highest BCUT2D eigenvalue weighted by Crippen LogP contribution is 1.99. The summed E-state index contributed by atoms with van der Waals surface area (Å²) in [6.07, 6.45) is -0.591. The van der Waals surface area contributed by atoms with E-state index >= 15 is 0 Å². The Kier molecular flexibility index (Phi) is 3.99. The first kappa shape index (κ1) is 9.39. The SMILES string of the molecule is CC[C@H](N)[C@H](O)CC(=O)O. The third-order valence-electron chi connectivity index (χ3n) is 1.35. The molecule has 0 spiro atoms. The number of hydrogen-bond acceptors (Lipinski definition) is 3. The lowest BCUT2D eigenvalue weighted by atomic mass is 10.1. The second-order valence-corrected chi connectivity index (χ2v) is 2.24. The van der Waals surface area contributed by atoms with Crippen molar-refractivity contribution in [3.63, 3.8) is 0 Å². The Morgan fingerprint density at radius 3 is 2.50 bits per heavy atom. The van der Waals surface area contributed by atoms with Gasteiger partial charge in [-0.15, -0.1) is 0 Å². The summed E-state index contributed by atoms with van der Waals surface area (Å²) in [5.41, 5.74) is 5.35. The van der Waals surface area contributed by atoms with E-state index < -0.39 is 18.1 Å². The van der Waals surface area contributed by atoms with Crippen LogP contribution in [0.3, 0.4) is 0 Å². The number of carboxylic acids is 1. The van der Waals surface area contributed by atoms with Gasteiger partial charge in [-0.2, -0.15) is 0 Å². The van der Waals surface area contributed by atoms with Gasteiger partial charge in [0.15, 0.2) is 0 Å². The molecular weight excluding hydrogens is 134 g/mol. The molecule has 4 heteroatoms. The molecule has 0 heterocycles. The van der Waals surface area contributed by atoms with Crippen LogP contribution in [-0.4, -0.2) is 28.3 Å². The van der Waals surface area contributed by atoms with Gasteiger partial charge in [0.05, 0.1) is 12.5 Å². The molecule has 0 aromatic carbocycles. The van der Waals surface area contributed by atoms with Crippen molar-refractivity contribution in [2.45, 2.75) is 31.9 Å². The van der Waals surface area contributed by atoms with Gasteiger partial charge in [-0.05, 0) is 6.42 Å². The van der Waals surface area contributed by atoms with Gasteiger partial charge in [0.2, 0.25) is 0 Å². The van der Waals surface area contributed by atoms with E-state index in [1.54, 1.807) is 6.92 Å². The largest absolute Gasteiger partial charge is 0.481 e. The first-order chi connectivity index (χ1) is 4.57. The topological polar surface area (TPSA) is 83.5 Å². The Balaban J connectivity index is 3.61. The monoisotopic (exact) mass is 147 g/mol. The molecule has 2 atom stereocenters. The molecule has 10 heavy (non-hydrogen) atoms. The number of hydrogen-bond donors (Lipinski definition) is 3. The van der Waals surface area contributed by atoms with E-state index in [9.17, 15) is 4.79 Å². The van der Waals surface area contributed by atoms with E-state index in [2.05, 4.69) is 0 Å². The van der Waals surface area contributed by atoms with E-state index in [-0.39, 0.29) is 6.42 Å². The van der Waals surface area contributed by atoms with Gasteiger partial charge in [-0.3, -0.25) is 4.79 Å². The summed E-state index contributed by atoms with van der Waals surface area (Å²) in [6.45, 7) is 1.80. The van der Waals surface area contributed by atoms with Gasteiger partial charge in [0.25, 0.3) is 0 Å². The number of rotatable bonds is 4. The third kappa shape index (κ3) is 3.42. The normalized spacial score (nSPS) is 16.3. The first-order valence-electron chi connectivity index (χ1n) is 3.23. The average Bonchev–Trinajstić information content (AvgIpc) is 1.85. The van der Waals surface area contributed by atoms with Crippen LogP contribution in [0, 0.1) is 0 Å².